The number of ether oxygens (including phenoxy) is 2. The summed E-state index contributed by atoms with van der Waals surface area (Å²) < 4.78 is 16.0. The molecule has 1 heterocycles. The monoisotopic (exact) mass is 311 g/mol. The standard InChI is InChI=1S/C18H17NO4/c1-18(2,3)23-17(20)21-13-9-10-14-15(11-13)22-16(19-14)12-7-5-4-6-8-12/h4-11H,1-3H3. The van der Waals surface area contributed by atoms with E-state index in [-0.39, 0.29) is 0 Å². The third-order valence-electron chi connectivity index (χ3n) is 2.97. The van der Waals surface area contributed by atoms with Crippen molar-refractivity contribution in [3.8, 4) is 17.2 Å². The smallest absolute Gasteiger partial charge is 0.436 e. The van der Waals surface area contributed by atoms with Gasteiger partial charge in [0.25, 0.3) is 0 Å². The van der Waals surface area contributed by atoms with E-state index in [0.29, 0.717) is 22.7 Å². The Balaban J connectivity index is 1.84. The van der Waals surface area contributed by atoms with Gasteiger partial charge in [-0.05, 0) is 45.0 Å². The molecule has 0 aliphatic rings. The van der Waals surface area contributed by atoms with Gasteiger partial charge in [-0.1, -0.05) is 18.2 Å². The molecule has 0 aliphatic heterocycles. The van der Waals surface area contributed by atoms with Crippen LogP contribution in [0.1, 0.15) is 20.8 Å². The first kappa shape index (κ1) is 15.1. The topological polar surface area (TPSA) is 61.6 Å². The van der Waals surface area contributed by atoms with Crippen molar-refractivity contribution in [1.82, 2.24) is 4.98 Å². The summed E-state index contributed by atoms with van der Waals surface area (Å²) in [6, 6.07) is 14.6. The first-order valence-corrected chi connectivity index (χ1v) is 7.27. The summed E-state index contributed by atoms with van der Waals surface area (Å²) in [7, 11) is 0. The van der Waals surface area contributed by atoms with E-state index in [1.807, 2.05) is 30.3 Å². The summed E-state index contributed by atoms with van der Waals surface area (Å²) in [6.07, 6.45) is -0.750. The zero-order valence-corrected chi connectivity index (χ0v) is 13.2. The number of fused-ring (bicyclic) bond motifs is 1. The lowest BCUT2D eigenvalue weighted by Crippen LogP contribution is -2.25. The van der Waals surface area contributed by atoms with Gasteiger partial charge < -0.3 is 13.9 Å². The molecule has 5 heteroatoms. The minimum atomic E-state index is -0.750. The number of rotatable bonds is 2. The molecule has 3 rings (SSSR count). The summed E-state index contributed by atoms with van der Waals surface area (Å²) in [5.41, 5.74) is 1.53. The molecule has 0 saturated carbocycles. The van der Waals surface area contributed by atoms with Gasteiger partial charge >= 0.3 is 6.16 Å². The van der Waals surface area contributed by atoms with Crippen LogP contribution in [-0.2, 0) is 4.74 Å². The molecule has 1 aromatic heterocycles. The third-order valence-corrected chi connectivity index (χ3v) is 2.97. The minimum absolute atomic E-state index is 0.350. The van der Waals surface area contributed by atoms with Gasteiger partial charge in [-0.25, -0.2) is 9.78 Å². The lowest BCUT2D eigenvalue weighted by atomic mass is 10.2. The molecule has 0 fully saturated rings. The lowest BCUT2D eigenvalue weighted by molar-refractivity contribution is 0.0206. The average Bonchev–Trinajstić information content (AvgIpc) is 2.89. The highest BCUT2D eigenvalue weighted by Crippen LogP contribution is 2.27. The van der Waals surface area contributed by atoms with E-state index in [2.05, 4.69) is 4.98 Å². The normalized spacial score (nSPS) is 11.4. The van der Waals surface area contributed by atoms with E-state index in [9.17, 15) is 4.79 Å². The predicted octanol–water partition coefficient (Wildman–Crippen LogP) is 4.81. The zero-order valence-electron chi connectivity index (χ0n) is 13.2. The maximum atomic E-state index is 11.7. The Hall–Kier alpha value is -2.82. The number of aromatic nitrogens is 1. The summed E-state index contributed by atoms with van der Waals surface area (Å²) in [5.74, 6) is 0.873. The largest absolute Gasteiger partial charge is 0.514 e. The lowest BCUT2D eigenvalue weighted by Gasteiger charge is -2.18. The molecule has 0 amide bonds. The van der Waals surface area contributed by atoms with Crippen molar-refractivity contribution in [2.24, 2.45) is 0 Å². The fourth-order valence-corrected chi connectivity index (χ4v) is 2.04. The molecule has 118 valence electrons. The molecule has 0 spiro atoms. The Kier molecular flexibility index (Phi) is 3.78. The highest BCUT2D eigenvalue weighted by Gasteiger charge is 2.18. The molecule has 5 nitrogen and oxygen atoms in total. The molecule has 0 aliphatic carbocycles. The quantitative estimate of drug-likeness (QED) is 0.502. The van der Waals surface area contributed by atoms with Crippen molar-refractivity contribution in [2.75, 3.05) is 0 Å². The van der Waals surface area contributed by atoms with Gasteiger partial charge in [-0.15, -0.1) is 0 Å². The number of carbonyl (C=O) groups is 1. The maximum Gasteiger partial charge on any atom is 0.514 e. The SMILES string of the molecule is CC(C)(C)OC(=O)Oc1ccc2nc(-c3ccccc3)oc2c1. The Bertz CT molecular complexity index is 831. The Morgan fingerprint density at radius 1 is 1.09 bits per heavy atom. The van der Waals surface area contributed by atoms with Crippen LogP contribution in [0.2, 0.25) is 0 Å². The maximum absolute atomic E-state index is 11.7. The highest BCUT2D eigenvalue weighted by atomic mass is 16.7. The van der Waals surface area contributed by atoms with E-state index in [1.54, 1.807) is 39.0 Å². The molecule has 0 N–H and O–H groups in total. The van der Waals surface area contributed by atoms with Crippen molar-refractivity contribution in [3.63, 3.8) is 0 Å². The Labute approximate surface area is 133 Å². The molecule has 0 atom stereocenters. The second-order valence-electron chi connectivity index (χ2n) is 6.08. The van der Waals surface area contributed by atoms with Crippen LogP contribution >= 0.6 is 0 Å². The van der Waals surface area contributed by atoms with Crippen molar-refractivity contribution < 1.29 is 18.7 Å². The minimum Gasteiger partial charge on any atom is -0.436 e. The van der Waals surface area contributed by atoms with Crippen LogP contribution in [0, 0.1) is 0 Å². The summed E-state index contributed by atoms with van der Waals surface area (Å²) >= 11 is 0. The molecule has 0 unspecified atom stereocenters. The zero-order chi connectivity index (χ0) is 16.4. The second-order valence-corrected chi connectivity index (χ2v) is 6.08. The molecule has 0 bridgehead atoms. The van der Waals surface area contributed by atoms with Gasteiger partial charge in [0.2, 0.25) is 5.89 Å². The predicted molar refractivity (Wildman–Crippen MR) is 86.3 cm³/mol. The molecule has 23 heavy (non-hydrogen) atoms. The van der Waals surface area contributed by atoms with E-state index >= 15 is 0 Å². The van der Waals surface area contributed by atoms with E-state index < -0.39 is 11.8 Å². The van der Waals surface area contributed by atoms with Crippen molar-refractivity contribution in [3.05, 3.63) is 48.5 Å². The van der Waals surface area contributed by atoms with Crippen LogP contribution in [0.4, 0.5) is 4.79 Å². The fraction of sp³-hybridized carbons (Fsp3) is 0.222. The van der Waals surface area contributed by atoms with Gasteiger partial charge in [0.05, 0.1) is 0 Å². The number of nitrogens with zero attached hydrogens (tertiary/aromatic N) is 1. The van der Waals surface area contributed by atoms with Gasteiger partial charge in [0, 0.05) is 11.6 Å². The highest BCUT2D eigenvalue weighted by molar-refractivity contribution is 5.78. The van der Waals surface area contributed by atoms with E-state index in [0.717, 1.165) is 5.56 Å². The van der Waals surface area contributed by atoms with Crippen molar-refractivity contribution >= 4 is 17.3 Å². The van der Waals surface area contributed by atoms with Crippen molar-refractivity contribution in [2.45, 2.75) is 26.4 Å². The summed E-state index contributed by atoms with van der Waals surface area (Å²) in [4.78, 5) is 16.1. The van der Waals surface area contributed by atoms with Crippen LogP contribution < -0.4 is 4.74 Å². The number of carbonyl (C=O) groups excluding carboxylic acids is 1. The van der Waals surface area contributed by atoms with Crippen LogP contribution in [0.5, 0.6) is 5.75 Å². The summed E-state index contributed by atoms with van der Waals surface area (Å²) in [6.45, 7) is 5.33. The number of hydrogen-bond donors (Lipinski definition) is 0. The van der Waals surface area contributed by atoms with Gasteiger partial charge in [0.15, 0.2) is 5.58 Å². The third kappa shape index (κ3) is 3.69. The number of hydrogen-bond acceptors (Lipinski definition) is 5. The molecule has 3 aromatic rings. The van der Waals surface area contributed by atoms with Gasteiger partial charge in [0.1, 0.15) is 16.9 Å². The average molecular weight is 311 g/mol. The van der Waals surface area contributed by atoms with Gasteiger partial charge in [-0.3, -0.25) is 0 Å². The van der Waals surface area contributed by atoms with E-state index in [4.69, 9.17) is 13.9 Å². The fourth-order valence-electron chi connectivity index (χ4n) is 2.04. The first-order chi connectivity index (χ1) is 10.9. The van der Waals surface area contributed by atoms with Crippen molar-refractivity contribution in [1.29, 1.82) is 0 Å². The number of oxazole rings is 1. The van der Waals surface area contributed by atoms with Crippen LogP contribution in [0.15, 0.2) is 52.9 Å². The molecule has 0 radical (unpaired) electrons. The molecular weight excluding hydrogens is 294 g/mol. The molecule has 0 saturated heterocycles. The van der Waals surface area contributed by atoms with Gasteiger partial charge in [-0.2, -0.15) is 0 Å². The summed E-state index contributed by atoms with van der Waals surface area (Å²) in [5, 5.41) is 0. The second kappa shape index (κ2) is 5.76. The molecular formula is C18H17NO4. The Morgan fingerprint density at radius 3 is 2.52 bits per heavy atom. The number of benzene rings is 2. The van der Waals surface area contributed by atoms with Crippen LogP contribution in [0.25, 0.3) is 22.6 Å². The first-order valence-electron chi connectivity index (χ1n) is 7.27. The van der Waals surface area contributed by atoms with Crippen LogP contribution in [-0.4, -0.2) is 16.7 Å². The Morgan fingerprint density at radius 2 is 1.83 bits per heavy atom. The van der Waals surface area contributed by atoms with Crippen LogP contribution in [0.3, 0.4) is 0 Å². The molecule has 2 aromatic carbocycles. The van der Waals surface area contributed by atoms with E-state index in [1.165, 1.54) is 0 Å².